The fraction of sp³-hybridized carbons (Fsp3) is 0.304. The van der Waals surface area contributed by atoms with Gasteiger partial charge in [0.15, 0.2) is 11.9 Å². The van der Waals surface area contributed by atoms with Crippen molar-refractivity contribution in [2.24, 2.45) is 0 Å². The molecule has 1 aliphatic heterocycles. The van der Waals surface area contributed by atoms with Crippen molar-refractivity contribution in [1.82, 2.24) is 0 Å². The van der Waals surface area contributed by atoms with Crippen molar-refractivity contribution in [3.8, 4) is 17.2 Å². The van der Waals surface area contributed by atoms with E-state index in [4.69, 9.17) is 9.47 Å². The lowest BCUT2D eigenvalue weighted by Crippen LogP contribution is -2.56. The molecule has 10 heteroatoms. The molecule has 0 saturated carbocycles. The standard InChI is InChI=1S/C23H24O10/c1-11(25)17-13(26)9-14(27)18(20(17)30)22-23(21(31)19(29)15(10-24)32-22)33-16(28)8-7-12-5-3-2-4-6-12/h2-9,15,19,21-24,26-27,29-31H,10H2,1H3. The number of carbonyl (C=O) groups excluding carboxylic acids is 2. The van der Waals surface area contributed by atoms with Crippen LogP contribution in [0.5, 0.6) is 17.2 Å². The van der Waals surface area contributed by atoms with Gasteiger partial charge in [-0.15, -0.1) is 0 Å². The van der Waals surface area contributed by atoms with Gasteiger partial charge in [0.05, 0.1) is 12.2 Å². The van der Waals surface area contributed by atoms with Crippen molar-refractivity contribution in [3.63, 3.8) is 0 Å². The Morgan fingerprint density at radius 1 is 1.06 bits per heavy atom. The van der Waals surface area contributed by atoms with E-state index >= 15 is 0 Å². The lowest BCUT2D eigenvalue weighted by Gasteiger charge is -2.42. The normalized spacial score (nSPS) is 25.2. The van der Waals surface area contributed by atoms with Crippen molar-refractivity contribution in [1.29, 1.82) is 0 Å². The Labute approximate surface area is 188 Å². The minimum absolute atomic E-state index is 0.466. The molecular weight excluding hydrogens is 436 g/mol. The van der Waals surface area contributed by atoms with E-state index in [1.165, 1.54) is 6.08 Å². The van der Waals surface area contributed by atoms with E-state index < -0.39 is 77.3 Å². The summed E-state index contributed by atoms with van der Waals surface area (Å²) >= 11 is 0. The predicted molar refractivity (Wildman–Crippen MR) is 114 cm³/mol. The molecule has 2 aromatic carbocycles. The first-order valence-corrected chi connectivity index (χ1v) is 10.0. The third-order valence-electron chi connectivity index (χ3n) is 5.26. The number of hydrogen-bond donors (Lipinski definition) is 6. The van der Waals surface area contributed by atoms with Crippen molar-refractivity contribution >= 4 is 17.8 Å². The van der Waals surface area contributed by atoms with E-state index in [2.05, 4.69) is 0 Å². The summed E-state index contributed by atoms with van der Waals surface area (Å²) in [4.78, 5) is 24.3. The van der Waals surface area contributed by atoms with Crippen LogP contribution in [0.15, 0.2) is 42.5 Å². The molecule has 0 aromatic heterocycles. The van der Waals surface area contributed by atoms with Gasteiger partial charge >= 0.3 is 5.97 Å². The summed E-state index contributed by atoms with van der Waals surface area (Å²) in [6, 6.07) is 9.56. The Kier molecular flexibility index (Phi) is 7.34. The number of aromatic hydroxyl groups is 3. The van der Waals surface area contributed by atoms with Crippen LogP contribution in [0.2, 0.25) is 0 Å². The fourth-order valence-electron chi connectivity index (χ4n) is 3.64. The number of ketones is 1. The Morgan fingerprint density at radius 2 is 1.73 bits per heavy atom. The number of hydrogen-bond acceptors (Lipinski definition) is 10. The van der Waals surface area contributed by atoms with Gasteiger partial charge in [-0.1, -0.05) is 30.3 Å². The van der Waals surface area contributed by atoms with Gasteiger partial charge in [-0.05, 0) is 18.6 Å². The number of benzene rings is 2. The molecule has 33 heavy (non-hydrogen) atoms. The van der Waals surface area contributed by atoms with Gasteiger partial charge in [0.1, 0.15) is 47.2 Å². The number of esters is 1. The van der Waals surface area contributed by atoms with Crippen molar-refractivity contribution < 1.29 is 49.7 Å². The monoisotopic (exact) mass is 460 g/mol. The molecule has 176 valence electrons. The van der Waals surface area contributed by atoms with Crippen LogP contribution < -0.4 is 0 Å². The predicted octanol–water partition coefficient (Wildman–Crippen LogP) is 0.785. The minimum atomic E-state index is -1.79. The minimum Gasteiger partial charge on any atom is -0.507 e. The van der Waals surface area contributed by atoms with Crippen LogP contribution in [0.4, 0.5) is 0 Å². The maximum Gasteiger partial charge on any atom is 0.331 e. The molecule has 5 unspecified atom stereocenters. The maximum absolute atomic E-state index is 12.4. The molecular formula is C23H24O10. The number of aliphatic hydroxyl groups is 3. The molecule has 1 heterocycles. The number of Topliss-reactive ketones (excluding diaryl/α,β-unsaturated/α-hetero) is 1. The first-order valence-electron chi connectivity index (χ1n) is 10.0. The average molecular weight is 460 g/mol. The van der Waals surface area contributed by atoms with E-state index in [1.54, 1.807) is 30.3 Å². The summed E-state index contributed by atoms with van der Waals surface area (Å²) in [6.07, 6.45) is -5.57. The molecule has 1 aliphatic rings. The number of carbonyl (C=O) groups is 2. The van der Waals surface area contributed by atoms with Crippen molar-refractivity contribution in [3.05, 3.63) is 59.2 Å². The number of phenolic OH excluding ortho intramolecular Hbond substituents is 3. The number of phenols is 3. The van der Waals surface area contributed by atoms with Gasteiger partial charge in [-0.25, -0.2) is 4.79 Å². The molecule has 6 N–H and O–H groups in total. The highest BCUT2D eigenvalue weighted by molar-refractivity contribution is 6.00. The van der Waals surface area contributed by atoms with Gasteiger partial charge in [-0.2, -0.15) is 0 Å². The first kappa shape index (κ1) is 24.2. The van der Waals surface area contributed by atoms with Gasteiger partial charge in [0.2, 0.25) is 0 Å². The summed E-state index contributed by atoms with van der Waals surface area (Å²) in [5.74, 6) is -3.95. The zero-order chi connectivity index (χ0) is 24.3. The molecule has 0 spiro atoms. The van der Waals surface area contributed by atoms with Crippen LogP contribution in [-0.4, -0.2) is 73.4 Å². The van der Waals surface area contributed by atoms with Crippen molar-refractivity contribution in [2.75, 3.05) is 6.61 Å². The molecule has 0 amide bonds. The Bertz CT molecular complexity index is 1050. The summed E-state index contributed by atoms with van der Waals surface area (Å²) < 4.78 is 10.8. The molecule has 10 nitrogen and oxygen atoms in total. The average Bonchev–Trinajstić information content (AvgIpc) is 2.77. The number of rotatable bonds is 6. The lowest BCUT2D eigenvalue weighted by molar-refractivity contribution is -0.240. The van der Waals surface area contributed by atoms with Crippen LogP contribution >= 0.6 is 0 Å². The van der Waals surface area contributed by atoms with Gasteiger partial charge in [0, 0.05) is 12.1 Å². The van der Waals surface area contributed by atoms with Crippen LogP contribution in [0.1, 0.15) is 34.5 Å². The zero-order valence-corrected chi connectivity index (χ0v) is 17.5. The molecule has 0 bridgehead atoms. The first-order chi connectivity index (χ1) is 15.6. The maximum atomic E-state index is 12.4. The van der Waals surface area contributed by atoms with Crippen LogP contribution in [0.3, 0.4) is 0 Å². The third-order valence-corrected chi connectivity index (χ3v) is 5.26. The highest BCUT2D eigenvalue weighted by Crippen LogP contribution is 2.46. The second-order valence-electron chi connectivity index (χ2n) is 7.51. The number of aliphatic hydroxyl groups excluding tert-OH is 3. The highest BCUT2D eigenvalue weighted by Gasteiger charge is 2.49. The molecule has 1 fully saturated rings. The van der Waals surface area contributed by atoms with E-state index in [0.29, 0.717) is 5.56 Å². The second kappa shape index (κ2) is 10.0. The van der Waals surface area contributed by atoms with Crippen LogP contribution in [-0.2, 0) is 14.3 Å². The van der Waals surface area contributed by atoms with Crippen LogP contribution in [0, 0.1) is 0 Å². The quantitative estimate of drug-likeness (QED) is 0.205. The molecule has 0 aliphatic carbocycles. The summed E-state index contributed by atoms with van der Waals surface area (Å²) in [5.41, 5.74) is -0.305. The smallest absolute Gasteiger partial charge is 0.331 e. The Morgan fingerprint density at radius 3 is 2.33 bits per heavy atom. The zero-order valence-electron chi connectivity index (χ0n) is 17.5. The number of ether oxygens (including phenoxy) is 2. The molecule has 0 radical (unpaired) electrons. The van der Waals surface area contributed by atoms with Gasteiger partial charge < -0.3 is 40.1 Å². The molecule has 3 rings (SSSR count). The fourth-order valence-corrected chi connectivity index (χ4v) is 3.64. The summed E-state index contributed by atoms with van der Waals surface area (Å²) in [6.45, 7) is 0.320. The van der Waals surface area contributed by atoms with Crippen LogP contribution in [0.25, 0.3) is 6.08 Å². The molecule has 5 atom stereocenters. The third kappa shape index (κ3) is 4.99. The molecule has 1 saturated heterocycles. The van der Waals surface area contributed by atoms with E-state index in [9.17, 15) is 40.2 Å². The highest BCUT2D eigenvalue weighted by atomic mass is 16.6. The SMILES string of the molecule is CC(=O)c1c(O)cc(O)c(C2OC(CO)C(O)C(O)C2OC(=O)C=Cc2ccccc2)c1O. The topological polar surface area (TPSA) is 174 Å². The summed E-state index contributed by atoms with van der Waals surface area (Å²) in [5, 5.41) is 61.3. The second-order valence-corrected chi connectivity index (χ2v) is 7.51. The van der Waals surface area contributed by atoms with Gasteiger partial charge in [-0.3, -0.25) is 4.79 Å². The Balaban J connectivity index is 2.00. The lowest BCUT2D eigenvalue weighted by atomic mass is 9.88. The van der Waals surface area contributed by atoms with E-state index in [-0.39, 0.29) is 0 Å². The molecule has 2 aromatic rings. The Hall–Kier alpha value is -3.44. The van der Waals surface area contributed by atoms with E-state index in [0.717, 1.165) is 19.1 Å². The van der Waals surface area contributed by atoms with Crippen molar-refractivity contribution in [2.45, 2.75) is 37.4 Å². The summed E-state index contributed by atoms with van der Waals surface area (Å²) in [7, 11) is 0. The largest absolute Gasteiger partial charge is 0.507 e. The van der Waals surface area contributed by atoms with E-state index in [1.807, 2.05) is 0 Å². The van der Waals surface area contributed by atoms with Gasteiger partial charge in [0.25, 0.3) is 0 Å².